The van der Waals surface area contributed by atoms with Gasteiger partial charge in [-0.1, -0.05) is 13.8 Å². The average Bonchev–Trinajstić information content (AvgIpc) is 2.69. The minimum absolute atomic E-state index is 0.122. The van der Waals surface area contributed by atoms with Crippen molar-refractivity contribution in [3.63, 3.8) is 0 Å². The highest BCUT2D eigenvalue weighted by Gasteiger charge is 2.36. The molecule has 3 nitrogen and oxygen atoms in total. The summed E-state index contributed by atoms with van der Waals surface area (Å²) in [4.78, 5) is 10.9. The number of anilines is 1. The van der Waals surface area contributed by atoms with Crippen LogP contribution in [-0.4, -0.2) is 17.1 Å². The molecule has 1 fully saturated rings. The van der Waals surface area contributed by atoms with Crippen LogP contribution in [0.5, 0.6) is 0 Å². The number of hydrogen-bond acceptors (Lipinski definition) is 2. The summed E-state index contributed by atoms with van der Waals surface area (Å²) < 4.78 is 38.8. The Hall–Kier alpha value is -1.72. The molecule has 116 valence electrons. The van der Waals surface area contributed by atoms with Crippen molar-refractivity contribution in [1.29, 1.82) is 0 Å². The Morgan fingerprint density at radius 3 is 2.43 bits per heavy atom. The fourth-order valence-corrected chi connectivity index (χ4v) is 2.84. The molecule has 6 heteroatoms. The summed E-state index contributed by atoms with van der Waals surface area (Å²) >= 11 is 0. The largest absolute Gasteiger partial charge is 0.478 e. The number of aromatic carboxylic acids is 1. The van der Waals surface area contributed by atoms with E-state index in [0.717, 1.165) is 25.0 Å². The van der Waals surface area contributed by atoms with Crippen molar-refractivity contribution in [3.8, 4) is 0 Å². The molecule has 0 aliphatic heterocycles. The van der Waals surface area contributed by atoms with E-state index >= 15 is 0 Å². The minimum atomic E-state index is -4.68. The lowest BCUT2D eigenvalue weighted by Gasteiger charge is -2.22. The highest BCUT2D eigenvalue weighted by molar-refractivity contribution is 5.90. The smallest absolute Gasteiger partial charge is 0.417 e. The Bertz CT molecular complexity index is 542. The Kier molecular flexibility index (Phi) is 4.16. The maximum atomic E-state index is 12.9. The molecule has 0 radical (unpaired) electrons. The number of halogens is 3. The maximum Gasteiger partial charge on any atom is 0.417 e. The Morgan fingerprint density at radius 1 is 1.29 bits per heavy atom. The average molecular weight is 301 g/mol. The number of alkyl halides is 3. The minimum Gasteiger partial charge on any atom is -0.478 e. The van der Waals surface area contributed by atoms with Gasteiger partial charge in [-0.3, -0.25) is 0 Å². The van der Waals surface area contributed by atoms with E-state index in [1.165, 1.54) is 6.07 Å². The normalized spacial score (nSPS) is 25.9. The standard InChI is InChI=1S/C15H18F3NO2/c1-8-3-6-13(9(8)2)19-10-4-5-11(14(20)21)12(7-10)15(16,17)18/h4-5,7-9,13,19H,3,6H2,1-2H3,(H,20,21). The summed E-state index contributed by atoms with van der Waals surface area (Å²) in [6.07, 6.45) is -2.73. The van der Waals surface area contributed by atoms with Gasteiger partial charge in [0.15, 0.2) is 0 Å². The lowest BCUT2D eigenvalue weighted by atomic mass is 9.97. The van der Waals surface area contributed by atoms with Crippen LogP contribution in [0.2, 0.25) is 0 Å². The van der Waals surface area contributed by atoms with Crippen LogP contribution in [0.25, 0.3) is 0 Å². The summed E-state index contributed by atoms with van der Waals surface area (Å²) in [6.45, 7) is 4.20. The molecule has 0 saturated heterocycles. The Labute approximate surface area is 121 Å². The number of nitrogens with one attached hydrogen (secondary N) is 1. The van der Waals surface area contributed by atoms with Gasteiger partial charge in [-0.15, -0.1) is 0 Å². The molecule has 0 spiro atoms. The van der Waals surface area contributed by atoms with Gasteiger partial charge in [0.2, 0.25) is 0 Å². The highest BCUT2D eigenvalue weighted by Crippen LogP contribution is 2.36. The molecule has 1 aliphatic rings. The van der Waals surface area contributed by atoms with Crippen LogP contribution in [0.4, 0.5) is 18.9 Å². The molecule has 2 rings (SSSR count). The van der Waals surface area contributed by atoms with Gasteiger partial charge in [-0.2, -0.15) is 13.2 Å². The monoisotopic (exact) mass is 301 g/mol. The first-order chi connectivity index (χ1) is 9.70. The predicted octanol–water partition coefficient (Wildman–Crippen LogP) is 4.25. The van der Waals surface area contributed by atoms with Crippen LogP contribution in [0.1, 0.15) is 42.6 Å². The van der Waals surface area contributed by atoms with Gasteiger partial charge in [0.05, 0.1) is 11.1 Å². The van der Waals surface area contributed by atoms with Crippen molar-refractivity contribution in [2.45, 2.75) is 38.9 Å². The molecule has 3 atom stereocenters. The van der Waals surface area contributed by atoms with E-state index in [-0.39, 0.29) is 6.04 Å². The van der Waals surface area contributed by atoms with E-state index in [4.69, 9.17) is 5.11 Å². The van der Waals surface area contributed by atoms with E-state index < -0.39 is 23.3 Å². The number of carboxylic acids is 1. The fraction of sp³-hybridized carbons (Fsp3) is 0.533. The molecule has 3 unspecified atom stereocenters. The second-order valence-corrected chi connectivity index (χ2v) is 5.73. The van der Waals surface area contributed by atoms with Gasteiger partial charge in [0.25, 0.3) is 0 Å². The van der Waals surface area contributed by atoms with E-state index in [0.29, 0.717) is 17.5 Å². The van der Waals surface area contributed by atoms with E-state index in [1.807, 2.05) is 0 Å². The van der Waals surface area contributed by atoms with E-state index in [2.05, 4.69) is 19.2 Å². The van der Waals surface area contributed by atoms with Gasteiger partial charge in [0.1, 0.15) is 0 Å². The van der Waals surface area contributed by atoms with Crippen molar-refractivity contribution < 1.29 is 23.1 Å². The van der Waals surface area contributed by atoms with E-state index in [9.17, 15) is 18.0 Å². The topological polar surface area (TPSA) is 49.3 Å². The molecule has 2 N–H and O–H groups in total. The van der Waals surface area contributed by atoms with Gasteiger partial charge in [-0.25, -0.2) is 4.79 Å². The summed E-state index contributed by atoms with van der Waals surface area (Å²) in [5.74, 6) is -0.668. The number of hydrogen-bond donors (Lipinski definition) is 2. The third-order valence-corrected chi connectivity index (χ3v) is 4.37. The fourth-order valence-electron chi connectivity index (χ4n) is 2.84. The molecular weight excluding hydrogens is 283 g/mol. The van der Waals surface area contributed by atoms with Crippen LogP contribution >= 0.6 is 0 Å². The van der Waals surface area contributed by atoms with Gasteiger partial charge < -0.3 is 10.4 Å². The lowest BCUT2D eigenvalue weighted by Crippen LogP contribution is -2.24. The van der Waals surface area contributed by atoms with Gasteiger partial charge in [-0.05, 0) is 42.9 Å². The zero-order valence-corrected chi connectivity index (χ0v) is 11.9. The molecule has 1 aromatic rings. The first-order valence-corrected chi connectivity index (χ1v) is 6.91. The third-order valence-electron chi connectivity index (χ3n) is 4.37. The van der Waals surface area contributed by atoms with Crippen molar-refractivity contribution >= 4 is 11.7 Å². The molecule has 0 bridgehead atoms. The quantitative estimate of drug-likeness (QED) is 0.877. The summed E-state index contributed by atoms with van der Waals surface area (Å²) in [5, 5.41) is 12.0. The van der Waals surface area contributed by atoms with Crippen LogP contribution in [0, 0.1) is 11.8 Å². The zero-order valence-electron chi connectivity index (χ0n) is 11.9. The lowest BCUT2D eigenvalue weighted by molar-refractivity contribution is -0.138. The first-order valence-electron chi connectivity index (χ1n) is 6.91. The second kappa shape index (κ2) is 5.58. The molecule has 0 amide bonds. The predicted molar refractivity (Wildman–Crippen MR) is 73.4 cm³/mol. The number of rotatable bonds is 3. The summed E-state index contributed by atoms with van der Waals surface area (Å²) in [6, 6.07) is 3.42. The molecule has 0 aromatic heterocycles. The van der Waals surface area contributed by atoms with Gasteiger partial charge in [0, 0.05) is 11.7 Å². The Morgan fingerprint density at radius 2 is 1.95 bits per heavy atom. The van der Waals surface area contributed by atoms with E-state index in [1.54, 1.807) is 0 Å². The van der Waals surface area contributed by atoms with Crippen LogP contribution in [0.3, 0.4) is 0 Å². The SMILES string of the molecule is CC1CCC(Nc2ccc(C(=O)O)c(C(F)(F)F)c2)C1C. The van der Waals surface area contributed by atoms with Crippen molar-refractivity contribution in [1.82, 2.24) is 0 Å². The molecule has 1 aromatic carbocycles. The zero-order chi connectivity index (χ0) is 15.8. The van der Waals surface area contributed by atoms with Crippen LogP contribution in [-0.2, 0) is 6.18 Å². The van der Waals surface area contributed by atoms with Crippen molar-refractivity contribution in [2.75, 3.05) is 5.32 Å². The second-order valence-electron chi connectivity index (χ2n) is 5.73. The number of carbonyl (C=O) groups is 1. The first kappa shape index (κ1) is 15.7. The molecular formula is C15H18F3NO2. The third kappa shape index (κ3) is 3.31. The summed E-state index contributed by atoms with van der Waals surface area (Å²) in [5.41, 5.74) is -1.52. The van der Waals surface area contributed by atoms with Crippen LogP contribution in [0.15, 0.2) is 18.2 Å². The van der Waals surface area contributed by atoms with Crippen molar-refractivity contribution in [2.24, 2.45) is 11.8 Å². The molecule has 1 aliphatic carbocycles. The number of benzene rings is 1. The van der Waals surface area contributed by atoms with Gasteiger partial charge >= 0.3 is 12.1 Å². The molecule has 21 heavy (non-hydrogen) atoms. The van der Waals surface area contributed by atoms with Crippen molar-refractivity contribution in [3.05, 3.63) is 29.3 Å². The maximum absolute atomic E-state index is 12.9. The molecule has 1 saturated carbocycles. The summed E-state index contributed by atoms with van der Waals surface area (Å²) in [7, 11) is 0. The van der Waals surface area contributed by atoms with Crippen LogP contribution < -0.4 is 5.32 Å². The molecule has 0 heterocycles. The Balaban J connectivity index is 2.28. The highest BCUT2D eigenvalue weighted by atomic mass is 19.4. The number of carboxylic acid groups (broad SMARTS) is 1.